The highest BCUT2D eigenvalue weighted by Crippen LogP contribution is 2.42. The zero-order valence-electron chi connectivity index (χ0n) is 16.3. The van der Waals surface area contributed by atoms with E-state index in [0.717, 1.165) is 0 Å². The highest BCUT2D eigenvalue weighted by atomic mass is 35.5. The Morgan fingerprint density at radius 1 is 1.16 bits per heavy atom. The molecule has 9 heteroatoms. The number of anilines is 2. The molecule has 1 aliphatic heterocycles. The zero-order chi connectivity index (χ0) is 22.1. The molecule has 1 aromatic carbocycles. The molecule has 0 saturated heterocycles. The normalized spacial score (nSPS) is 15.3. The van der Waals surface area contributed by atoms with Gasteiger partial charge in [-0.15, -0.1) is 0 Å². The van der Waals surface area contributed by atoms with Crippen LogP contribution in [0.15, 0.2) is 54.9 Å². The van der Waals surface area contributed by atoms with Crippen molar-refractivity contribution in [2.45, 2.75) is 19.3 Å². The highest BCUT2D eigenvalue weighted by molar-refractivity contribution is 6.33. The molecule has 3 heterocycles. The second kappa shape index (κ2) is 8.39. The van der Waals surface area contributed by atoms with Gasteiger partial charge in [-0.2, -0.15) is 0 Å². The third-order valence-electron chi connectivity index (χ3n) is 5.08. The smallest absolute Gasteiger partial charge is 0.263 e. The van der Waals surface area contributed by atoms with Crippen LogP contribution in [-0.4, -0.2) is 28.3 Å². The molecule has 0 fully saturated rings. The van der Waals surface area contributed by atoms with Crippen LogP contribution in [0, 0.1) is 0 Å². The summed E-state index contributed by atoms with van der Waals surface area (Å²) in [5.41, 5.74) is 2.42. The standard InChI is InChI=1S/C22H17ClF2N4O2/c1-12-19-15(3-2-9-26-19)18-16(8-10-27-20(18)23)29(22(12)31)11-17(30)28-14-6-4-13(5-7-14)21(24)25/h2-10,12,21H,11H2,1H3,(H,28,30)/t12-/m1/s1. The molecule has 2 aromatic heterocycles. The van der Waals surface area contributed by atoms with Crippen LogP contribution in [0.3, 0.4) is 0 Å². The monoisotopic (exact) mass is 442 g/mol. The maximum atomic E-state index is 13.2. The van der Waals surface area contributed by atoms with Crippen LogP contribution in [-0.2, 0) is 9.59 Å². The zero-order valence-corrected chi connectivity index (χ0v) is 17.1. The van der Waals surface area contributed by atoms with Gasteiger partial charge < -0.3 is 10.2 Å². The van der Waals surface area contributed by atoms with E-state index in [-0.39, 0.29) is 23.2 Å². The third kappa shape index (κ3) is 3.98. The van der Waals surface area contributed by atoms with Gasteiger partial charge in [-0.3, -0.25) is 14.6 Å². The van der Waals surface area contributed by atoms with Crippen molar-refractivity contribution >= 4 is 34.8 Å². The van der Waals surface area contributed by atoms with Crippen molar-refractivity contribution in [1.82, 2.24) is 9.97 Å². The van der Waals surface area contributed by atoms with Gasteiger partial charge in [-0.25, -0.2) is 13.8 Å². The summed E-state index contributed by atoms with van der Waals surface area (Å²) in [5, 5.41) is 2.83. The van der Waals surface area contributed by atoms with Crippen LogP contribution in [0.2, 0.25) is 5.15 Å². The van der Waals surface area contributed by atoms with Gasteiger partial charge in [0.15, 0.2) is 0 Å². The van der Waals surface area contributed by atoms with Crippen molar-refractivity contribution in [1.29, 1.82) is 0 Å². The molecule has 6 nitrogen and oxygen atoms in total. The summed E-state index contributed by atoms with van der Waals surface area (Å²) in [5.74, 6) is -1.41. The predicted octanol–water partition coefficient (Wildman–Crippen LogP) is 4.82. The van der Waals surface area contributed by atoms with Crippen LogP contribution in [0.4, 0.5) is 20.2 Å². The van der Waals surface area contributed by atoms with Gasteiger partial charge in [0.05, 0.1) is 17.3 Å². The summed E-state index contributed by atoms with van der Waals surface area (Å²) >= 11 is 6.37. The molecule has 1 N–H and O–H groups in total. The van der Waals surface area contributed by atoms with Crippen molar-refractivity contribution in [2.24, 2.45) is 0 Å². The van der Waals surface area contributed by atoms with Gasteiger partial charge in [0, 0.05) is 34.8 Å². The minimum absolute atomic E-state index is 0.143. The van der Waals surface area contributed by atoms with Crippen molar-refractivity contribution in [3.8, 4) is 11.1 Å². The van der Waals surface area contributed by atoms with Gasteiger partial charge in [0.2, 0.25) is 11.8 Å². The number of nitrogens with zero attached hydrogens (tertiary/aromatic N) is 3. The van der Waals surface area contributed by atoms with Crippen LogP contribution < -0.4 is 10.2 Å². The molecule has 3 aromatic rings. The average Bonchev–Trinajstić information content (AvgIpc) is 2.84. The second-order valence-corrected chi connectivity index (χ2v) is 7.41. The van der Waals surface area contributed by atoms with E-state index in [0.29, 0.717) is 28.2 Å². The lowest BCUT2D eigenvalue weighted by Gasteiger charge is -2.24. The van der Waals surface area contributed by atoms with Gasteiger partial charge in [0.25, 0.3) is 6.43 Å². The van der Waals surface area contributed by atoms with E-state index < -0.39 is 18.3 Å². The Balaban J connectivity index is 1.66. The number of nitrogens with one attached hydrogen (secondary N) is 1. The van der Waals surface area contributed by atoms with Gasteiger partial charge in [-0.05, 0) is 31.2 Å². The molecular formula is C22H17ClF2N4O2. The number of carbonyl (C=O) groups is 2. The summed E-state index contributed by atoms with van der Waals surface area (Å²) in [4.78, 5) is 35.8. The lowest BCUT2D eigenvalue weighted by atomic mass is 9.98. The Labute approximate surface area is 181 Å². The maximum absolute atomic E-state index is 13.2. The molecule has 0 unspecified atom stereocenters. The van der Waals surface area contributed by atoms with Gasteiger partial charge in [-0.1, -0.05) is 29.8 Å². The van der Waals surface area contributed by atoms with E-state index in [1.165, 1.54) is 35.4 Å². The van der Waals surface area contributed by atoms with Crippen molar-refractivity contribution in [2.75, 3.05) is 16.8 Å². The van der Waals surface area contributed by atoms with Crippen molar-refractivity contribution in [3.63, 3.8) is 0 Å². The number of hydrogen-bond donors (Lipinski definition) is 1. The lowest BCUT2D eigenvalue weighted by Crippen LogP contribution is -2.40. The van der Waals surface area contributed by atoms with Gasteiger partial charge >= 0.3 is 0 Å². The highest BCUT2D eigenvalue weighted by Gasteiger charge is 2.34. The van der Waals surface area contributed by atoms with Crippen molar-refractivity contribution < 1.29 is 18.4 Å². The van der Waals surface area contributed by atoms with Crippen molar-refractivity contribution in [3.05, 3.63) is 71.3 Å². The molecule has 4 rings (SSSR count). The Morgan fingerprint density at radius 3 is 2.61 bits per heavy atom. The number of alkyl halides is 2. The van der Waals surface area contributed by atoms with E-state index in [1.807, 2.05) is 6.07 Å². The first-order valence-electron chi connectivity index (χ1n) is 9.46. The Bertz CT molecular complexity index is 1150. The summed E-state index contributed by atoms with van der Waals surface area (Å²) < 4.78 is 25.4. The fourth-order valence-electron chi connectivity index (χ4n) is 3.56. The van der Waals surface area contributed by atoms with Crippen LogP contribution >= 0.6 is 11.6 Å². The number of fused-ring (bicyclic) bond motifs is 3. The van der Waals surface area contributed by atoms with E-state index in [1.54, 1.807) is 25.3 Å². The molecule has 0 bridgehead atoms. The maximum Gasteiger partial charge on any atom is 0.263 e. The number of benzene rings is 1. The first kappa shape index (κ1) is 20.9. The summed E-state index contributed by atoms with van der Waals surface area (Å²) in [6.07, 6.45) is 0.470. The Morgan fingerprint density at radius 2 is 1.90 bits per heavy atom. The minimum Gasteiger partial charge on any atom is -0.325 e. The number of hydrogen-bond acceptors (Lipinski definition) is 4. The molecule has 1 atom stereocenters. The van der Waals surface area contributed by atoms with Crippen LogP contribution in [0.5, 0.6) is 0 Å². The number of aromatic nitrogens is 2. The van der Waals surface area contributed by atoms with E-state index in [4.69, 9.17) is 11.6 Å². The number of pyridine rings is 2. The molecular weight excluding hydrogens is 426 g/mol. The number of rotatable bonds is 4. The average molecular weight is 443 g/mol. The minimum atomic E-state index is -2.59. The third-order valence-corrected chi connectivity index (χ3v) is 5.36. The molecule has 0 radical (unpaired) electrons. The van der Waals surface area contributed by atoms with E-state index in [2.05, 4.69) is 15.3 Å². The Kier molecular flexibility index (Phi) is 5.65. The largest absolute Gasteiger partial charge is 0.325 e. The number of amides is 2. The van der Waals surface area contributed by atoms with Gasteiger partial charge in [0.1, 0.15) is 11.7 Å². The first-order valence-corrected chi connectivity index (χ1v) is 9.83. The molecule has 158 valence electrons. The molecule has 2 amide bonds. The summed E-state index contributed by atoms with van der Waals surface area (Å²) in [6.45, 7) is 1.43. The molecule has 0 saturated carbocycles. The topological polar surface area (TPSA) is 75.2 Å². The van der Waals surface area contributed by atoms with E-state index in [9.17, 15) is 18.4 Å². The van der Waals surface area contributed by atoms with Crippen LogP contribution in [0.25, 0.3) is 11.1 Å². The molecule has 1 aliphatic rings. The molecule has 0 aliphatic carbocycles. The second-order valence-electron chi connectivity index (χ2n) is 7.05. The first-order chi connectivity index (χ1) is 14.9. The fourth-order valence-corrected chi connectivity index (χ4v) is 3.82. The predicted molar refractivity (Wildman–Crippen MR) is 113 cm³/mol. The fraction of sp³-hybridized carbons (Fsp3) is 0.182. The summed E-state index contributed by atoms with van der Waals surface area (Å²) in [6, 6.07) is 10.4. The molecule has 0 spiro atoms. The number of carbonyl (C=O) groups excluding carboxylic acids is 2. The van der Waals surface area contributed by atoms with Crippen LogP contribution in [0.1, 0.15) is 30.5 Å². The quantitative estimate of drug-likeness (QED) is 0.587. The number of halogens is 3. The SMILES string of the molecule is C[C@H]1C(=O)N(CC(=O)Nc2ccc(C(F)F)cc2)c2ccnc(Cl)c2-c2cccnc21. The van der Waals surface area contributed by atoms with E-state index >= 15 is 0 Å². The molecule has 31 heavy (non-hydrogen) atoms. The summed E-state index contributed by atoms with van der Waals surface area (Å²) in [7, 11) is 0. The Hall–Kier alpha value is -3.39. The lowest BCUT2D eigenvalue weighted by molar-refractivity contribution is -0.122.